The fraction of sp³-hybridized carbons (Fsp3) is 0.231. The lowest BCUT2D eigenvalue weighted by Crippen LogP contribution is -2.28. The summed E-state index contributed by atoms with van der Waals surface area (Å²) < 4.78 is 4.34. The molecule has 1 amide bonds. The number of aromatic nitrogens is 2. The van der Waals surface area contributed by atoms with Crippen molar-refractivity contribution in [3.63, 3.8) is 0 Å². The second kappa shape index (κ2) is 5.23. The Balaban J connectivity index is 2.15. The third kappa shape index (κ3) is 2.83. The van der Waals surface area contributed by atoms with Crippen LogP contribution in [0.1, 0.15) is 29.9 Å². The standard InChI is InChI=1S/C13H14N4O4/c1-13(2,12(19)20)7-3-5-8(6-4-7)15-11(18)9-10(14)17-21-16-9/h3-6H,1-2H3,(H2,14,17)(H,15,18)(H,19,20). The molecule has 1 aromatic heterocycles. The predicted molar refractivity (Wildman–Crippen MR) is 73.8 cm³/mol. The van der Waals surface area contributed by atoms with Gasteiger partial charge in [-0.15, -0.1) is 0 Å². The number of carboxylic acid groups (broad SMARTS) is 1. The van der Waals surface area contributed by atoms with Crippen LogP contribution in [0.2, 0.25) is 0 Å². The molecule has 0 aliphatic heterocycles. The molecule has 0 radical (unpaired) electrons. The number of nitrogens with one attached hydrogen (secondary N) is 1. The summed E-state index contributed by atoms with van der Waals surface area (Å²) in [6, 6.07) is 6.46. The van der Waals surface area contributed by atoms with Crippen molar-refractivity contribution in [2.45, 2.75) is 19.3 Å². The van der Waals surface area contributed by atoms with Crippen molar-refractivity contribution < 1.29 is 19.3 Å². The number of anilines is 2. The minimum absolute atomic E-state index is 0.101. The first kappa shape index (κ1) is 14.5. The van der Waals surface area contributed by atoms with Crippen LogP contribution in [0.3, 0.4) is 0 Å². The van der Waals surface area contributed by atoms with Gasteiger partial charge in [-0.2, -0.15) is 0 Å². The lowest BCUT2D eigenvalue weighted by Gasteiger charge is -2.19. The second-order valence-electron chi connectivity index (χ2n) is 4.96. The van der Waals surface area contributed by atoms with Crippen molar-refractivity contribution in [1.82, 2.24) is 10.3 Å². The molecule has 2 rings (SSSR count). The largest absolute Gasteiger partial charge is 0.481 e. The number of carboxylic acids is 1. The van der Waals surface area contributed by atoms with E-state index in [0.717, 1.165) is 0 Å². The van der Waals surface area contributed by atoms with Gasteiger partial charge in [0.05, 0.1) is 5.41 Å². The van der Waals surface area contributed by atoms with Gasteiger partial charge in [0.25, 0.3) is 5.91 Å². The Kier molecular flexibility index (Phi) is 3.62. The Hall–Kier alpha value is -2.90. The van der Waals surface area contributed by atoms with E-state index < -0.39 is 17.3 Å². The van der Waals surface area contributed by atoms with Crippen LogP contribution in [0, 0.1) is 0 Å². The molecule has 0 aliphatic rings. The van der Waals surface area contributed by atoms with E-state index in [1.807, 2.05) is 0 Å². The summed E-state index contributed by atoms with van der Waals surface area (Å²) in [5.41, 5.74) is 5.40. The summed E-state index contributed by atoms with van der Waals surface area (Å²) in [5.74, 6) is -1.59. The molecule has 0 saturated carbocycles. The predicted octanol–water partition coefficient (Wildman–Crippen LogP) is 1.27. The minimum Gasteiger partial charge on any atom is -0.481 e. The van der Waals surface area contributed by atoms with E-state index in [4.69, 9.17) is 10.8 Å². The second-order valence-corrected chi connectivity index (χ2v) is 4.96. The highest BCUT2D eigenvalue weighted by molar-refractivity contribution is 6.05. The first-order valence-corrected chi connectivity index (χ1v) is 6.05. The fourth-order valence-corrected chi connectivity index (χ4v) is 1.64. The topological polar surface area (TPSA) is 131 Å². The first-order valence-electron chi connectivity index (χ1n) is 6.05. The smallest absolute Gasteiger partial charge is 0.313 e. The number of hydrogen-bond donors (Lipinski definition) is 3. The van der Waals surface area contributed by atoms with Crippen molar-refractivity contribution in [2.24, 2.45) is 0 Å². The summed E-state index contributed by atoms with van der Waals surface area (Å²) in [7, 11) is 0. The summed E-state index contributed by atoms with van der Waals surface area (Å²) in [6.07, 6.45) is 0. The zero-order valence-corrected chi connectivity index (χ0v) is 11.5. The zero-order chi connectivity index (χ0) is 15.6. The number of rotatable bonds is 4. The van der Waals surface area contributed by atoms with E-state index in [0.29, 0.717) is 11.3 Å². The van der Waals surface area contributed by atoms with Crippen LogP contribution >= 0.6 is 0 Å². The van der Waals surface area contributed by atoms with Crippen LogP contribution in [0.25, 0.3) is 0 Å². The van der Waals surface area contributed by atoms with Crippen LogP contribution in [0.5, 0.6) is 0 Å². The number of nitrogens with two attached hydrogens (primary N) is 1. The number of benzene rings is 1. The number of aliphatic carboxylic acids is 1. The van der Waals surface area contributed by atoms with Crippen LogP contribution in [-0.2, 0) is 10.2 Å². The molecule has 21 heavy (non-hydrogen) atoms. The maximum atomic E-state index is 11.8. The van der Waals surface area contributed by atoms with Crippen LogP contribution in [0.15, 0.2) is 28.9 Å². The molecule has 0 spiro atoms. The number of nitrogens with zero attached hydrogens (tertiary/aromatic N) is 2. The Morgan fingerprint density at radius 2 is 1.86 bits per heavy atom. The zero-order valence-electron chi connectivity index (χ0n) is 11.5. The molecule has 8 nitrogen and oxygen atoms in total. The molecule has 0 fully saturated rings. The average Bonchev–Trinajstić information content (AvgIpc) is 2.85. The Bertz CT molecular complexity index is 676. The van der Waals surface area contributed by atoms with E-state index in [9.17, 15) is 9.59 Å². The summed E-state index contributed by atoms with van der Waals surface area (Å²) >= 11 is 0. The molecule has 8 heteroatoms. The van der Waals surface area contributed by atoms with Gasteiger partial charge < -0.3 is 16.2 Å². The molecule has 1 heterocycles. The highest BCUT2D eigenvalue weighted by atomic mass is 16.6. The van der Waals surface area contributed by atoms with E-state index in [1.54, 1.807) is 38.1 Å². The molecule has 110 valence electrons. The monoisotopic (exact) mass is 290 g/mol. The van der Waals surface area contributed by atoms with Crippen molar-refractivity contribution in [1.29, 1.82) is 0 Å². The van der Waals surface area contributed by atoms with Crippen molar-refractivity contribution in [3.05, 3.63) is 35.5 Å². The SMILES string of the molecule is CC(C)(C(=O)O)c1ccc(NC(=O)c2nonc2N)cc1. The normalized spacial score (nSPS) is 11.1. The van der Waals surface area contributed by atoms with Crippen LogP contribution in [-0.4, -0.2) is 27.3 Å². The third-order valence-corrected chi connectivity index (χ3v) is 3.13. The van der Waals surface area contributed by atoms with Gasteiger partial charge in [-0.3, -0.25) is 9.59 Å². The lowest BCUT2D eigenvalue weighted by atomic mass is 9.85. The molecule has 0 atom stereocenters. The molecule has 0 saturated heterocycles. The van der Waals surface area contributed by atoms with Gasteiger partial charge in [-0.05, 0) is 41.9 Å². The van der Waals surface area contributed by atoms with Gasteiger partial charge in [0.15, 0.2) is 0 Å². The minimum atomic E-state index is -1.01. The highest BCUT2D eigenvalue weighted by Gasteiger charge is 2.29. The van der Waals surface area contributed by atoms with Crippen molar-refractivity contribution >= 4 is 23.4 Å². The molecular formula is C13H14N4O4. The average molecular weight is 290 g/mol. The quantitative estimate of drug-likeness (QED) is 0.772. The van der Waals surface area contributed by atoms with Gasteiger partial charge in [-0.1, -0.05) is 12.1 Å². The number of amides is 1. The molecule has 0 aliphatic carbocycles. The molecule has 1 aromatic carbocycles. The third-order valence-electron chi connectivity index (χ3n) is 3.13. The number of carbonyl (C=O) groups excluding carboxylic acids is 1. The summed E-state index contributed by atoms with van der Waals surface area (Å²) in [5, 5.41) is 18.4. The Labute approximate surface area is 119 Å². The van der Waals surface area contributed by atoms with Gasteiger partial charge >= 0.3 is 5.97 Å². The Morgan fingerprint density at radius 1 is 1.24 bits per heavy atom. The lowest BCUT2D eigenvalue weighted by molar-refractivity contribution is -0.142. The maximum absolute atomic E-state index is 11.8. The number of nitrogen functional groups attached to an aromatic ring is 1. The van der Waals surface area contributed by atoms with E-state index in [1.165, 1.54) is 0 Å². The van der Waals surface area contributed by atoms with E-state index in [-0.39, 0.29) is 11.5 Å². The van der Waals surface area contributed by atoms with Gasteiger partial charge in [0.2, 0.25) is 11.5 Å². The van der Waals surface area contributed by atoms with Crippen LogP contribution < -0.4 is 11.1 Å². The summed E-state index contributed by atoms with van der Waals surface area (Å²) in [6.45, 7) is 3.20. The fourth-order valence-electron chi connectivity index (χ4n) is 1.64. The molecule has 0 unspecified atom stereocenters. The van der Waals surface area contributed by atoms with E-state index >= 15 is 0 Å². The van der Waals surface area contributed by atoms with Crippen LogP contribution in [0.4, 0.5) is 11.5 Å². The Morgan fingerprint density at radius 3 is 2.33 bits per heavy atom. The van der Waals surface area contributed by atoms with Gasteiger partial charge in [0.1, 0.15) is 0 Å². The molecule has 2 aromatic rings. The molecule has 0 bridgehead atoms. The maximum Gasteiger partial charge on any atom is 0.313 e. The van der Waals surface area contributed by atoms with E-state index in [2.05, 4.69) is 20.3 Å². The first-order chi connectivity index (χ1) is 9.82. The van der Waals surface area contributed by atoms with Crippen molar-refractivity contribution in [2.75, 3.05) is 11.1 Å². The van der Waals surface area contributed by atoms with Gasteiger partial charge in [-0.25, -0.2) is 4.63 Å². The highest BCUT2D eigenvalue weighted by Crippen LogP contribution is 2.25. The molecular weight excluding hydrogens is 276 g/mol. The number of carbonyl (C=O) groups is 2. The van der Waals surface area contributed by atoms with Gasteiger partial charge in [0, 0.05) is 5.69 Å². The molecule has 4 N–H and O–H groups in total. The summed E-state index contributed by atoms with van der Waals surface area (Å²) in [4.78, 5) is 23.0. The van der Waals surface area contributed by atoms with Crippen molar-refractivity contribution in [3.8, 4) is 0 Å². The number of hydrogen-bond acceptors (Lipinski definition) is 6.